The van der Waals surface area contributed by atoms with Gasteiger partial charge < -0.3 is 45.1 Å². The number of anilines is 2. The third-order valence-corrected chi connectivity index (χ3v) is 15.7. The van der Waals surface area contributed by atoms with Gasteiger partial charge in [-0.2, -0.15) is 5.26 Å². The monoisotopic (exact) mass is 1110 g/mol. The van der Waals surface area contributed by atoms with Crippen molar-refractivity contribution < 1.29 is 38.5 Å². The number of carbonyl (C=O) groups excluding carboxylic acids is 4. The standard InChI is InChI=1S/C57H71Cl2N9O8S/c1-36-53(77-35-63-36)38-18-16-37(17-19-38)32-62-55(72)46-26-40(69)34-68(46)56(73)54(57(2,3)4)65-50(70)14-11-9-7-8-10-12-15-51(71)67-23-21-66(22-24-67)20-13-25-76-49-29-44-41(27-48(49)75-6)52(39(31-60)33-61-44)64-45-30-47(74-5)43(59)28-42(45)58/h16-19,27-30,33,35,40,46,54,69H,7-15,20-26,32,34H2,1-6H3,(H,61,64)(H,62,72)(H,65,70)/t40-,46+,54-/m1/s1. The molecule has 2 fully saturated rings. The highest BCUT2D eigenvalue weighted by atomic mass is 35.5. The second kappa shape index (κ2) is 27.4. The van der Waals surface area contributed by atoms with Gasteiger partial charge in [0.15, 0.2) is 11.5 Å². The van der Waals surface area contributed by atoms with Crippen molar-refractivity contribution in [2.45, 2.75) is 117 Å². The van der Waals surface area contributed by atoms with E-state index in [2.05, 4.69) is 36.9 Å². The largest absolute Gasteiger partial charge is 0.495 e. The molecule has 0 spiro atoms. The van der Waals surface area contributed by atoms with Crippen LogP contribution in [0.3, 0.4) is 0 Å². The van der Waals surface area contributed by atoms with Crippen LogP contribution < -0.4 is 30.2 Å². The molecular formula is C57H71Cl2N9O8S. The predicted molar refractivity (Wildman–Crippen MR) is 301 cm³/mol. The van der Waals surface area contributed by atoms with E-state index in [1.807, 2.05) is 62.4 Å². The molecule has 2 aliphatic heterocycles. The summed E-state index contributed by atoms with van der Waals surface area (Å²) in [5, 5.41) is 31.1. The summed E-state index contributed by atoms with van der Waals surface area (Å²) in [6.45, 7) is 12.1. The Kier molecular flexibility index (Phi) is 20.8. The number of benzene rings is 3. The number of aryl methyl sites for hydroxylation is 1. The zero-order chi connectivity index (χ0) is 55.2. The Morgan fingerprint density at radius 3 is 2.25 bits per heavy atom. The van der Waals surface area contributed by atoms with Gasteiger partial charge in [-0.3, -0.25) is 29.1 Å². The van der Waals surface area contributed by atoms with E-state index in [0.717, 1.165) is 79.9 Å². The fraction of sp³-hybridized carbons (Fsp3) is 0.491. The first-order chi connectivity index (χ1) is 37.0. The molecular weight excluding hydrogens is 1040 g/mol. The highest BCUT2D eigenvalue weighted by Gasteiger charge is 2.44. The van der Waals surface area contributed by atoms with E-state index >= 15 is 0 Å². The number of aromatic nitrogens is 2. The maximum absolute atomic E-state index is 14.1. The number of rotatable bonds is 24. The Balaban J connectivity index is 0.762. The van der Waals surface area contributed by atoms with Crippen molar-refractivity contribution in [1.29, 1.82) is 5.26 Å². The van der Waals surface area contributed by atoms with Gasteiger partial charge in [0, 0.05) is 88.8 Å². The lowest BCUT2D eigenvalue weighted by Crippen LogP contribution is -2.57. The Morgan fingerprint density at radius 1 is 0.883 bits per heavy atom. The second-order valence-electron chi connectivity index (χ2n) is 20.8. The van der Waals surface area contributed by atoms with Crippen LogP contribution in [0.5, 0.6) is 17.2 Å². The number of likely N-dealkylation sites (tertiary alicyclic amines) is 1. The van der Waals surface area contributed by atoms with Crippen molar-refractivity contribution in [3.63, 3.8) is 0 Å². The summed E-state index contributed by atoms with van der Waals surface area (Å²) in [6.07, 6.45) is 7.48. The lowest BCUT2D eigenvalue weighted by atomic mass is 9.85. The van der Waals surface area contributed by atoms with E-state index in [1.54, 1.807) is 42.7 Å². The van der Waals surface area contributed by atoms with E-state index < -0.39 is 23.6 Å². The van der Waals surface area contributed by atoms with E-state index in [-0.39, 0.29) is 49.6 Å². The minimum atomic E-state index is -0.874. The molecule has 4 N–H and O–H groups in total. The Bertz CT molecular complexity index is 2900. The molecule has 4 heterocycles. The van der Waals surface area contributed by atoms with Crippen LogP contribution in [0.25, 0.3) is 21.3 Å². The summed E-state index contributed by atoms with van der Waals surface area (Å²) in [7, 11) is 3.07. The van der Waals surface area contributed by atoms with E-state index in [0.29, 0.717) is 87.7 Å². The molecule has 412 valence electrons. The number of piperazine rings is 1. The van der Waals surface area contributed by atoms with Crippen LogP contribution >= 0.6 is 34.5 Å². The fourth-order valence-electron chi connectivity index (χ4n) is 9.74. The van der Waals surface area contributed by atoms with E-state index in [9.17, 15) is 29.5 Å². The van der Waals surface area contributed by atoms with Gasteiger partial charge in [0.1, 0.15) is 23.9 Å². The van der Waals surface area contributed by atoms with Crippen LogP contribution in [0.1, 0.15) is 102 Å². The van der Waals surface area contributed by atoms with Gasteiger partial charge >= 0.3 is 0 Å². The Hall–Kier alpha value is -6.23. The van der Waals surface area contributed by atoms with Gasteiger partial charge in [-0.05, 0) is 54.9 Å². The number of hydrogen-bond donors (Lipinski definition) is 4. The number of carbonyl (C=O) groups is 4. The number of β-amino-alcohol motifs (C(OH)–C–C–N with tert-alkyl or cyclic N) is 1. The molecule has 3 aromatic carbocycles. The minimum Gasteiger partial charge on any atom is -0.495 e. The maximum Gasteiger partial charge on any atom is 0.246 e. The van der Waals surface area contributed by atoms with Gasteiger partial charge in [0.2, 0.25) is 23.6 Å². The van der Waals surface area contributed by atoms with Gasteiger partial charge in [-0.25, -0.2) is 4.98 Å². The number of fused-ring (bicyclic) bond motifs is 1. The molecule has 2 saturated heterocycles. The zero-order valence-corrected chi connectivity index (χ0v) is 47.2. The molecule has 20 heteroatoms. The normalized spacial score (nSPS) is 16.2. The second-order valence-corrected chi connectivity index (χ2v) is 22.4. The summed E-state index contributed by atoms with van der Waals surface area (Å²) < 4.78 is 17.3. The summed E-state index contributed by atoms with van der Waals surface area (Å²) >= 11 is 14.3. The van der Waals surface area contributed by atoms with Crippen molar-refractivity contribution in [3.8, 4) is 33.8 Å². The number of halogens is 2. The number of unbranched alkanes of at least 4 members (excludes halogenated alkanes) is 5. The van der Waals surface area contributed by atoms with Crippen LogP contribution in [0.2, 0.25) is 10.0 Å². The SMILES string of the molecule is COc1cc(Nc2c(C#N)cnc3cc(OCCCN4CCN(C(=O)CCCCCCCCC(=O)N[C@H](C(=O)N5C[C@H](O)C[C@H]5C(=O)NCc5ccc(-c6scnc6C)cc5)C(C)(C)C)CC4)c(OC)cc23)c(Cl)cc1Cl. The number of nitrogens with one attached hydrogen (secondary N) is 3. The summed E-state index contributed by atoms with van der Waals surface area (Å²) in [5.74, 6) is 0.685. The van der Waals surface area contributed by atoms with Crippen LogP contribution in [0.4, 0.5) is 11.4 Å². The highest BCUT2D eigenvalue weighted by molar-refractivity contribution is 7.13. The number of thiazole rings is 1. The Labute approximate surface area is 465 Å². The van der Waals surface area contributed by atoms with Gasteiger partial charge in [-0.15, -0.1) is 11.3 Å². The lowest BCUT2D eigenvalue weighted by Gasteiger charge is -2.35. The van der Waals surface area contributed by atoms with Crippen molar-refractivity contribution in [1.82, 2.24) is 35.3 Å². The molecule has 0 bridgehead atoms. The number of amides is 4. The summed E-state index contributed by atoms with van der Waals surface area (Å²) in [5.41, 5.74) is 6.02. The van der Waals surface area contributed by atoms with Crippen molar-refractivity contribution in [3.05, 3.63) is 87.1 Å². The molecule has 2 aliphatic rings. The predicted octanol–water partition coefficient (Wildman–Crippen LogP) is 9.45. The number of nitrogens with zero attached hydrogens (tertiary/aromatic N) is 6. The highest BCUT2D eigenvalue weighted by Crippen LogP contribution is 2.41. The number of hydrogen-bond acceptors (Lipinski definition) is 14. The van der Waals surface area contributed by atoms with Crippen LogP contribution in [0.15, 0.2) is 60.2 Å². The fourth-order valence-corrected chi connectivity index (χ4v) is 11.1. The topological polar surface area (TPSA) is 212 Å². The molecule has 0 unspecified atom stereocenters. The van der Waals surface area contributed by atoms with Gasteiger partial charge in [0.05, 0.1) is 75.5 Å². The summed E-state index contributed by atoms with van der Waals surface area (Å²) in [6, 6.07) is 15.2. The molecule has 0 radical (unpaired) electrons. The zero-order valence-electron chi connectivity index (χ0n) is 44.9. The summed E-state index contributed by atoms with van der Waals surface area (Å²) in [4.78, 5) is 69.5. The van der Waals surface area contributed by atoms with Gasteiger partial charge in [-0.1, -0.05) is 93.9 Å². The van der Waals surface area contributed by atoms with Gasteiger partial charge in [0.25, 0.3) is 0 Å². The van der Waals surface area contributed by atoms with E-state index in [1.165, 1.54) is 18.2 Å². The average Bonchev–Trinajstić information content (AvgIpc) is 4.04. The number of pyridine rings is 1. The maximum atomic E-state index is 14.1. The number of nitriles is 1. The first kappa shape index (κ1) is 58.5. The molecule has 17 nitrogen and oxygen atoms in total. The molecule has 7 rings (SSSR count). The van der Waals surface area contributed by atoms with Crippen LogP contribution in [-0.2, 0) is 25.7 Å². The van der Waals surface area contributed by atoms with Crippen molar-refractivity contribution in [2.75, 3.05) is 65.4 Å². The first-order valence-corrected chi connectivity index (χ1v) is 28.0. The van der Waals surface area contributed by atoms with E-state index in [4.69, 9.17) is 37.4 Å². The Morgan fingerprint density at radius 2 is 1.58 bits per heavy atom. The van der Waals surface area contributed by atoms with Crippen molar-refractivity contribution in [2.24, 2.45) is 5.41 Å². The molecule has 77 heavy (non-hydrogen) atoms. The molecule has 0 aliphatic carbocycles. The van der Waals surface area contributed by atoms with Crippen LogP contribution in [-0.4, -0.2) is 132 Å². The third-order valence-electron chi connectivity index (χ3n) is 14.1. The molecule has 5 aromatic rings. The lowest BCUT2D eigenvalue weighted by molar-refractivity contribution is -0.144. The molecule has 0 saturated carbocycles. The molecule has 2 aromatic heterocycles. The number of methoxy groups -OCH3 is 2. The smallest absolute Gasteiger partial charge is 0.246 e. The number of aliphatic hydroxyl groups is 1. The average molecular weight is 1110 g/mol. The van der Waals surface area contributed by atoms with Crippen molar-refractivity contribution >= 4 is 80.4 Å². The first-order valence-electron chi connectivity index (χ1n) is 26.4. The molecule has 3 atom stereocenters. The van der Waals surface area contributed by atoms with Crippen LogP contribution in [0, 0.1) is 23.7 Å². The number of aliphatic hydroxyl groups excluding tert-OH is 1. The quantitative estimate of drug-likeness (QED) is 0.0425. The third kappa shape index (κ3) is 15.5. The minimum absolute atomic E-state index is 0.0173. The number of ether oxygens (including phenoxy) is 3. The molecule has 4 amide bonds.